The quantitative estimate of drug-likeness (QED) is 0.644. The molecule has 1 amide bonds. The third kappa shape index (κ3) is 3.16. The van der Waals surface area contributed by atoms with Gasteiger partial charge in [0.2, 0.25) is 5.91 Å². The fraction of sp³-hybridized carbons (Fsp3) is 0.312. The Bertz CT molecular complexity index is 1070. The molecule has 140 valence electrons. The maximum Gasteiger partial charge on any atom is 0.284 e. The lowest BCUT2D eigenvalue weighted by atomic mass is 10.3. The number of nitrogens with zero attached hydrogens (tertiary/aromatic N) is 6. The number of halogens is 2. The van der Waals surface area contributed by atoms with Gasteiger partial charge < -0.3 is 9.64 Å². The van der Waals surface area contributed by atoms with Crippen molar-refractivity contribution in [1.29, 1.82) is 0 Å². The van der Waals surface area contributed by atoms with E-state index in [9.17, 15) is 18.4 Å². The Morgan fingerprint density at radius 3 is 2.74 bits per heavy atom. The molecular formula is C16H14F2N6O3. The van der Waals surface area contributed by atoms with Crippen LogP contribution < -0.4 is 5.56 Å². The summed E-state index contributed by atoms with van der Waals surface area (Å²) in [7, 11) is 0. The van der Waals surface area contributed by atoms with Crippen molar-refractivity contribution in [2.75, 3.05) is 26.3 Å². The molecule has 0 atom stereocenters. The summed E-state index contributed by atoms with van der Waals surface area (Å²) in [6, 6.07) is 2.94. The topological polar surface area (TPSA) is 95.1 Å². The lowest BCUT2D eigenvalue weighted by Crippen LogP contribution is -2.43. The largest absolute Gasteiger partial charge is 0.378 e. The SMILES string of the molecule is O=C(Cn1cnc2c(nnn2-c2ccc(F)cc2F)c1=O)N1CCOCC1. The van der Waals surface area contributed by atoms with Gasteiger partial charge >= 0.3 is 0 Å². The minimum absolute atomic E-state index is 0.0144. The van der Waals surface area contributed by atoms with Gasteiger partial charge in [-0.25, -0.2) is 13.8 Å². The fourth-order valence-electron chi connectivity index (χ4n) is 2.83. The Hall–Kier alpha value is -3.21. The van der Waals surface area contributed by atoms with Crippen LogP contribution in [0.2, 0.25) is 0 Å². The van der Waals surface area contributed by atoms with Gasteiger partial charge in [-0.3, -0.25) is 14.2 Å². The number of benzene rings is 1. The molecular weight excluding hydrogens is 362 g/mol. The fourth-order valence-corrected chi connectivity index (χ4v) is 2.83. The van der Waals surface area contributed by atoms with Crippen LogP contribution in [0.3, 0.4) is 0 Å². The highest BCUT2D eigenvalue weighted by atomic mass is 19.1. The molecule has 1 aromatic carbocycles. The molecule has 4 rings (SSSR count). The molecule has 27 heavy (non-hydrogen) atoms. The molecule has 0 radical (unpaired) electrons. The molecule has 1 fully saturated rings. The number of hydrogen-bond acceptors (Lipinski definition) is 6. The van der Waals surface area contributed by atoms with Gasteiger partial charge in [-0.1, -0.05) is 5.21 Å². The Morgan fingerprint density at radius 2 is 2.00 bits per heavy atom. The summed E-state index contributed by atoms with van der Waals surface area (Å²) in [5.41, 5.74) is -0.764. The van der Waals surface area contributed by atoms with E-state index in [4.69, 9.17) is 4.74 Å². The van der Waals surface area contributed by atoms with Crippen LogP contribution in [0, 0.1) is 11.6 Å². The average Bonchev–Trinajstić information content (AvgIpc) is 3.09. The van der Waals surface area contributed by atoms with Crippen LogP contribution in [-0.2, 0) is 16.1 Å². The first-order chi connectivity index (χ1) is 13.0. The van der Waals surface area contributed by atoms with Crippen molar-refractivity contribution in [2.45, 2.75) is 6.54 Å². The van der Waals surface area contributed by atoms with Gasteiger partial charge in [0.1, 0.15) is 24.4 Å². The number of aromatic nitrogens is 5. The molecule has 3 aromatic rings. The number of amides is 1. The van der Waals surface area contributed by atoms with Gasteiger partial charge in [0, 0.05) is 19.2 Å². The van der Waals surface area contributed by atoms with Crippen LogP contribution in [0.15, 0.2) is 29.3 Å². The van der Waals surface area contributed by atoms with Crippen molar-refractivity contribution >= 4 is 17.1 Å². The van der Waals surface area contributed by atoms with Crippen LogP contribution in [0.5, 0.6) is 0 Å². The molecule has 1 aliphatic heterocycles. The van der Waals surface area contributed by atoms with Crippen molar-refractivity contribution < 1.29 is 18.3 Å². The first-order valence-corrected chi connectivity index (χ1v) is 8.16. The van der Waals surface area contributed by atoms with E-state index >= 15 is 0 Å². The van der Waals surface area contributed by atoms with E-state index in [-0.39, 0.29) is 29.3 Å². The Morgan fingerprint density at radius 1 is 1.22 bits per heavy atom. The van der Waals surface area contributed by atoms with Crippen LogP contribution in [0.4, 0.5) is 8.78 Å². The van der Waals surface area contributed by atoms with Gasteiger partial charge in [-0.05, 0) is 12.1 Å². The van der Waals surface area contributed by atoms with Crippen molar-refractivity contribution in [3.63, 3.8) is 0 Å². The number of hydrogen-bond donors (Lipinski definition) is 0. The predicted molar refractivity (Wildman–Crippen MR) is 88.2 cm³/mol. The number of carbonyl (C=O) groups excluding carboxylic acids is 1. The van der Waals surface area contributed by atoms with E-state index in [0.29, 0.717) is 32.4 Å². The maximum absolute atomic E-state index is 14.0. The van der Waals surface area contributed by atoms with Crippen LogP contribution >= 0.6 is 0 Å². The molecule has 0 aliphatic carbocycles. The highest BCUT2D eigenvalue weighted by Crippen LogP contribution is 2.16. The van der Waals surface area contributed by atoms with Gasteiger partial charge in [0.15, 0.2) is 17.0 Å². The molecule has 0 bridgehead atoms. The predicted octanol–water partition coefficient (Wildman–Crippen LogP) is 0.114. The van der Waals surface area contributed by atoms with Gasteiger partial charge in [-0.2, -0.15) is 4.68 Å². The third-order valence-corrected chi connectivity index (χ3v) is 4.24. The van der Waals surface area contributed by atoms with Crippen LogP contribution in [0.1, 0.15) is 0 Å². The van der Waals surface area contributed by atoms with Crippen LogP contribution in [-0.4, -0.2) is 61.7 Å². The summed E-state index contributed by atoms with van der Waals surface area (Å²) in [5.74, 6) is -1.84. The smallest absolute Gasteiger partial charge is 0.284 e. The van der Waals surface area contributed by atoms with E-state index < -0.39 is 17.2 Å². The molecule has 1 saturated heterocycles. The van der Waals surface area contributed by atoms with Crippen molar-refractivity contribution in [3.8, 4) is 5.69 Å². The number of carbonyl (C=O) groups is 1. The molecule has 0 saturated carbocycles. The number of morpholine rings is 1. The molecule has 9 nitrogen and oxygen atoms in total. The summed E-state index contributed by atoms with van der Waals surface area (Å²) in [6.07, 6.45) is 1.18. The first-order valence-electron chi connectivity index (χ1n) is 8.16. The monoisotopic (exact) mass is 376 g/mol. The van der Waals surface area contributed by atoms with E-state index in [1.807, 2.05) is 0 Å². The Balaban J connectivity index is 1.67. The molecule has 0 N–H and O–H groups in total. The minimum atomic E-state index is -0.865. The normalized spacial score (nSPS) is 14.7. The summed E-state index contributed by atoms with van der Waals surface area (Å²) >= 11 is 0. The zero-order chi connectivity index (χ0) is 19.0. The van der Waals surface area contributed by atoms with E-state index in [0.717, 1.165) is 15.3 Å². The van der Waals surface area contributed by atoms with Gasteiger partial charge in [0.25, 0.3) is 5.56 Å². The lowest BCUT2D eigenvalue weighted by molar-refractivity contribution is -0.135. The second-order valence-electron chi connectivity index (χ2n) is 5.94. The molecule has 3 heterocycles. The molecule has 0 spiro atoms. The first kappa shape index (κ1) is 17.2. The lowest BCUT2D eigenvalue weighted by Gasteiger charge is -2.26. The molecule has 1 aliphatic rings. The highest BCUT2D eigenvalue weighted by molar-refractivity contribution is 5.77. The number of rotatable bonds is 3. The third-order valence-electron chi connectivity index (χ3n) is 4.24. The van der Waals surface area contributed by atoms with E-state index in [1.54, 1.807) is 4.90 Å². The second kappa shape index (κ2) is 6.83. The van der Waals surface area contributed by atoms with E-state index in [2.05, 4.69) is 15.3 Å². The van der Waals surface area contributed by atoms with Crippen molar-refractivity contribution in [2.24, 2.45) is 0 Å². The Labute approximate surface area is 150 Å². The summed E-state index contributed by atoms with van der Waals surface area (Å²) in [6.45, 7) is 1.64. The van der Waals surface area contributed by atoms with Gasteiger partial charge in [0.05, 0.1) is 13.2 Å². The van der Waals surface area contributed by atoms with Crippen molar-refractivity contribution in [1.82, 2.24) is 29.4 Å². The zero-order valence-corrected chi connectivity index (χ0v) is 14.0. The standard InChI is InChI=1S/C16H14F2N6O3/c17-10-1-2-12(11(18)7-10)24-15-14(20-21-24)16(26)23(9-19-15)8-13(25)22-3-5-27-6-4-22/h1-2,7,9H,3-6,8H2. The summed E-state index contributed by atoms with van der Waals surface area (Å²) in [4.78, 5) is 30.6. The number of fused-ring (bicyclic) bond motifs is 1. The van der Waals surface area contributed by atoms with Gasteiger partial charge in [-0.15, -0.1) is 5.10 Å². The number of ether oxygens (including phenoxy) is 1. The van der Waals surface area contributed by atoms with Crippen LogP contribution in [0.25, 0.3) is 16.9 Å². The Kier molecular flexibility index (Phi) is 4.36. The highest BCUT2D eigenvalue weighted by Gasteiger charge is 2.20. The summed E-state index contributed by atoms with van der Waals surface area (Å²) in [5, 5.41) is 7.49. The molecule has 11 heteroatoms. The maximum atomic E-state index is 14.0. The minimum Gasteiger partial charge on any atom is -0.378 e. The average molecular weight is 376 g/mol. The molecule has 0 unspecified atom stereocenters. The van der Waals surface area contributed by atoms with Crippen molar-refractivity contribution in [3.05, 3.63) is 46.5 Å². The summed E-state index contributed by atoms with van der Waals surface area (Å²) < 4.78 is 34.4. The second-order valence-corrected chi connectivity index (χ2v) is 5.94. The zero-order valence-electron chi connectivity index (χ0n) is 14.0. The van der Waals surface area contributed by atoms with E-state index in [1.165, 1.54) is 12.4 Å². The molecule has 2 aromatic heterocycles.